The zero-order valence-corrected chi connectivity index (χ0v) is 20.2. The second kappa shape index (κ2) is 8.70. The maximum atomic E-state index is 6.45. The number of anilines is 2. The first-order valence-corrected chi connectivity index (χ1v) is 12.6. The van der Waals surface area contributed by atoms with E-state index in [4.69, 9.17) is 21.2 Å². The van der Waals surface area contributed by atoms with Gasteiger partial charge in [0, 0.05) is 24.8 Å². The lowest BCUT2D eigenvalue weighted by Crippen LogP contribution is -2.58. The van der Waals surface area contributed by atoms with E-state index in [2.05, 4.69) is 44.9 Å². The average molecular weight is 454 g/mol. The summed E-state index contributed by atoms with van der Waals surface area (Å²) in [6.45, 7) is 4.67. The van der Waals surface area contributed by atoms with Crippen molar-refractivity contribution in [3.05, 3.63) is 18.2 Å². The normalized spacial score (nSPS) is 25.2. The zero-order valence-electron chi connectivity index (χ0n) is 20.2. The molecule has 1 aromatic rings. The van der Waals surface area contributed by atoms with Crippen molar-refractivity contribution in [3.8, 4) is 5.75 Å². The van der Waals surface area contributed by atoms with Gasteiger partial charge in [0.25, 0.3) is 0 Å². The van der Waals surface area contributed by atoms with Gasteiger partial charge < -0.3 is 26.0 Å². The molecule has 2 spiro atoms. The number of likely N-dealkylation sites (tertiary alicyclic amines) is 1. The van der Waals surface area contributed by atoms with Gasteiger partial charge in [-0.15, -0.1) is 0 Å². The monoisotopic (exact) mass is 453 g/mol. The van der Waals surface area contributed by atoms with Crippen molar-refractivity contribution in [2.75, 3.05) is 50.1 Å². The van der Waals surface area contributed by atoms with Gasteiger partial charge in [-0.25, -0.2) is 4.99 Å². The van der Waals surface area contributed by atoms with Crippen molar-refractivity contribution in [2.45, 2.75) is 63.5 Å². The number of nitrogens with zero attached hydrogens (tertiary/aromatic N) is 5. The van der Waals surface area contributed by atoms with E-state index in [0.717, 1.165) is 50.2 Å². The third-order valence-electron chi connectivity index (χ3n) is 8.49. The molecule has 8 nitrogen and oxygen atoms in total. The van der Waals surface area contributed by atoms with Crippen LogP contribution in [0.15, 0.2) is 28.2 Å². The van der Waals surface area contributed by atoms with E-state index in [9.17, 15) is 0 Å². The molecule has 0 radical (unpaired) electrons. The largest absolute Gasteiger partial charge is 0.494 e. The van der Waals surface area contributed by atoms with Crippen molar-refractivity contribution < 1.29 is 4.74 Å². The number of rotatable bonds is 3. The summed E-state index contributed by atoms with van der Waals surface area (Å²) in [5.74, 6) is 1.49. The molecular formula is C25H39N7O. The Balaban J connectivity index is 1.38. The minimum atomic E-state index is -0.464. The van der Waals surface area contributed by atoms with E-state index in [1.165, 1.54) is 50.9 Å². The number of benzene rings is 1. The summed E-state index contributed by atoms with van der Waals surface area (Å²) in [6.07, 6.45) is 10.5. The molecule has 4 N–H and O–H groups in total. The molecule has 180 valence electrons. The van der Waals surface area contributed by atoms with Gasteiger partial charge in [-0.1, -0.05) is 6.42 Å². The molecule has 4 aliphatic rings. The predicted molar refractivity (Wildman–Crippen MR) is 135 cm³/mol. The zero-order chi connectivity index (χ0) is 23.1. The number of ether oxygens (including phenoxy) is 1. The van der Waals surface area contributed by atoms with Gasteiger partial charge in [-0.05, 0) is 89.1 Å². The van der Waals surface area contributed by atoms with Crippen molar-refractivity contribution in [1.82, 2.24) is 4.90 Å². The maximum absolute atomic E-state index is 6.45. The molecule has 0 bridgehead atoms. The fourth-order valence-corrected chi connectivity index (χ4v) is 6.35. The summed E-state index contributed by atoms with van der Waals surface area (Å²) in [5.41, 5.74) is 14.7. The Morgan fingerprint density at radius 1 is 0.909 bits per heavy atom. The molecule has 0 aromatic heterocycles. The molecule has 0 amide bonds. The minimum Gasteiger partial charge on any atom is -0.494 e. The summed E-state index contributed by atoms with van der Waals surface area (Å²) in [6, 6.07) is 6.49. The first kappa shape index (κ1) is 22.3. The van der Waals surface area contributed by atoms with Gasteiger partial charge in [0.1, 0.15) is 11.4 Å². The number of hydrogen-bond donors (Lipinski definition) is 2. The summed E-state index contributed by atoms with van der Waals surface area (Å²) in [4.78, 5) is 16.2. The van der Waals surface area contributed by atoms with Gasteiger partial charge in [0.15, 0.2) is 0 Å². The Kier molecular flexibility index (Phi) is 5.89. The average Bonchev–Trinajstić information content (AvgIpc) is 2.82. The predicted octanol–water partition coefficient (Wildman–Crippen LogP) is 3.12. The quantitative estimate of drug-likeness (QED) is 0.730. The van der Waals surface area contributed by atoms with E-state index in [1.54, 1.807) is 7.11 Å². The topological polar surface area (TPSA) is 95.7 Å². The Hall–Kier alpha value is -2.48. The second-order valence-electron chi connectivity index (χ2n) is 10.5. The number of guanidine groups is 2. The summed E-state index contributed by atoms with van der Waals surface area (Å²) < 4.78 is 5.90. The number of methoxy groups -OCH3 is 1. The van der Waals surface area contributed by atoms with Crippen molar-refractivity contribution in [2.24, 2.45) is 26.9 Å². The molecule has 3 fully saturated rings. The van der Waals surface area contributed by atoms with Crippen molar-refractivity contribution in [1.29, 1.82) is 0 Å². The fraction of sp³-hybridized carbons (Fsp3) is 0.680. The molecule has 33 heavy (non-hydrogen) atoms. The van der Waals surface area contributed by atoms with Gasteiger partial charge >= 0.3 is 0 Å². The van der Waals surface area contributed by atoms with Crippen LogP contribution in [-0.2, 0) is 0 Å². The summed E-state index contributed by atoms with van der Waals surface area (Å²) >= 11 is 0. The van der Waals surface area contributed by atoms with Gasteiger partial charge in [-0.2, -0.15) is 4.99 Å². The number of nitrogens with two attached hydrogens (primary N) is 2. The van der Waals surface area contributed by atoms with Crippen LogP contribution in [0.3, 0.4) is 0 Å². The highest BCUT2D eigenvalue weighted by atomic mass is 16.5. The van der Waals surface area contributed by atoms with Crippen LogP contribution in [-0.4, -0.2) is 62.8 Å². The van der Waals surface area contributed by atoms with E-state index in [0.29, 0.717) is 11.4 Å². The van der Waals surface area contributed by atoms with Gasteiger partial charge in [-0.3, -0.25) is 4.90 Å². The molecular weight excluding hydrogens is 414 g/mol. The van der Waals surface area contributed by atoms with Crippen molar-refractivity contribution >= 4 is 23.3 Å². The molecule has 1 aromatic carbocycles. The summed E-state index contributed by atoms with van der Waals surface area (Å²) in [7, 11) is 3.97. The van der Waals surface area contributed by atoms with Crippen LogP contribution >= 0.6 is 0 Å². The Morgan fingerprint density at radius 3 is 2.24 bits per heavy atom. The number of piperidine rings is 2. The minimum absolute atomic E-state index is 0.275. The molecule has 1 saturated carbocycles. The van der Waals surface area contributed by atoms with Gasteiger partial charge in [0.05, 0.1) is 12.8 Å². The van der Waals surface area contributed by atoms with Crippen LogP contribution in [0.2, 0.25) is 0 Å². The van der Waals surface area contributed by atoms with Crippen LogP contribution in [0.25, 0.3) is 0 Å². The maximum Gasteiger partial charge on any atom is 0.220 e. The molecule has 0 unspecified atom stereocenters. The van der Waals surface area contributed by atoms with E-state index in [1.807, 2.05) is 0 Å². The Morgan fingerprint density at radius 2 is 1.58 bits per heavy atom. The fourth-order valence-electron chi connectivity index (χ4n) is 6.35. The molecule has 8 heteroatoms. The van der Waals surface area contributed by atoms with E-state index < -0.39 is 5.66 Å². The first-order chi connectivity index (χ1) is 15.9. The molecule has 2 saturated heterocycles. The molecule has 5 rings (SSSR count). The van der Waals surface area contributed by atoms with E-state index in [-0.39, 0.29) is 5.96 Å². The lowest BCUT2D eigenvalue weighted by atomic mass is 9.71. The third kappa shape index (κ3) is 4.14. The second-order valence-corrected chi connectivity index (χ2v) is 10.5. The highest BCUT2D eigenvalue weighted by Crippen LogP contribution is 2.45. The van der Waals surface area contributed by atoms with Crippen LogP contribution in [0.5, 0.6) is 5.75 Å². The number of hydrogen-bond acceptors (Lipinski definition) is 8. The first-order valence-electron chi connectivity index (χ1n) is 12.6. The molecule has 3 aliphatic heterocycles. The summed E-state index contributed by atoms with van der Waals surface area (Å²) in [5, 5.41) is 0. The van der Waals surface area contributed by atoms with Crippen LogP contribution in [0.1, 0.15) is 57.8 Å². The Labute approximate surface area is 197 Å². The van der Waals surface area contributed by atoms with Crippen molar-refractivity contribution in [3.63, 3.8) is 0 Å². The van der Waals surface area contributed by atoms with E-state index >= 15 is 0 Å². The smallest absolute Gasteiger partial charge is 0.220 e. The molecule has 3 heterocycles. The van der Waals surface area contributed by atoms with Crippen LogP contribution < -0.4 is 26.0 Å². The standard InChI is InChI=1S/C25H39N7O/c1-30-14-10-24(11-15-30)12-16-31(17-13-24)19-6-7-20(21(18-19)33-2)32-23(27)28-22(26)29-25(32)8-4-3-5-9-25/h6-7,18H,3-5,8-17H2,1-2H3,(H4,26,27,28,29). The lowest BCUT2D eigenvalue weighted by molar-refractivity contribution is 0.0945. The van der Waals surface area contributed by atoms with Crippen LogP contribution in [0, 0.1) is 5.41 Å². The molecule has 1 aliphatic carbocycles. The Bertz CT molecular complexity index is 919. The molecule has 0 atom stereocenters. The number of aliphatic imine (C=N–C) groups is 2. The highest BCUT2D eigenvalue weighted by Gasteiger charge is 2.44. The van der Waals surface area contributed by atoms with Gasteiger partial charge in [0.2, 0.25) is 11.9 Å². The third-order valence-corrected chi connectivity index (χ3v) is 8.49. The lowest BCUT2D eigenvalue weighted by Gasteiger charge is -2.47. The SMILES string of the molecule is COc1cc(N2CCC3(CCN(C)CC3)CC2)ccc1N1C(N)=NC(N)=NC12CCCCC2. The highest BCUT2D eigenvalue weighted by molar-refractivity contribution is 6.06. The van der Waals surface area contributed by atoms with Crippen LogP contribution in [0.4, 0.5) is 11.4 Å².